The molecule has 2 unspecified atom stereocenters. The second kappa shape index (κ2) is 2.92. The molecule has 1 aliphatic carbocycles. The average molecular weight is 167 g/mol. The molecular weight excluding hydrogens is 154 g/mol. The molecule has 66 valence electrons. The van der Waals surface area contributed by atoms with Crippen molar-refractivity contribution in [2.24, 2.45) is 11.8 Å². The highest BCUT2D eigenvalue weighted by atomic mass is 16.6. The van der Waals surface area contributed by atoms with Gasteiger partial charge in [0.25, 0.3) is 0 Å². The smallest absolute Gasteiger partial charge is 0.131 e. The van der Waals surface area contributed by atoms with Crippen LogP contribution >= 0.6 is 0 Å². The van der Waals surface area contributed by atoms with Gasteiger partial charge in [0, 0.05) is 5.92 Å². The molecule has 3 nitrogen and oxygen atoms in total. The fraction of sp³-hybridized carbons (Fsp3) is 0.556. The molecule has 1 aromatic heterocycles. The standard InChI is InChI=1S/C9H13NO2/c1-6-4-8(6)9-3-2-7(12-9)5-11-10/h2-3,6,8H,4-5,10H2,1H3. The number of nitrogens with two attached hydrogens (primary N) is 1. The number of rotatable bonds is 3. The van der Waals surface area contributed by atoms with Crippen LogP contribution in [-0.4, -0.2) is 0 Å². The fourth-order valence-electron chi connectivity index (χ4n) is 1.47. The van der Waals surface area contributed by atoms with Crippen LogP contribution in [0.3, 0.4) is 0 Å². The summed E-state index contributed by atoms with van der Waals surface area (Å²) < 4.78 is 5.51. The summed E-state index contributed by atoms with van der Waals surface area (Å²) in [5, 5.41) is 0. The lowest BCUT2D eigenvalue weighted by Crippen LogP contribution is -1.97. The lowest BCUT2D eigenvalue weighted by Gasteiger charge is -1.93. The van der Waals surface area contributed by atoms with E-state index in [1.165, 1.54) is 6.42 Å². The zero-order chi connectivity index (χ0) is 8.55. The minimum Gasteiger partial charge on any atom is -0.463 e. The predicted molar refractivity (Wildman–Crippen MR) is 44.2 cm³/mol. The summed E-state index contributed by atoms with van der Waals surface area (Å²) in [6.45, 7) is 2.59. The quantitative estimate of drug-likeness (QED) is 0.698. The van der Waals surface area contributed by atoms with Crippen LogP contribution in [0.25, 0.3) is 0 Å². The molecule has 0 aromatic carbocycles. The third-order valence-electron chi connectivity index (χ3n) is 2.38. The van der Waals surface area contributed by atoms with E-state index in [1.807, 2.05) is 12.1 Å². The van der Waals surface area contributed by atoms with Crippen LogP contribution < -0.4 is 5.90 Å². The highest BCUT2D eigenvalue weighted by molar-refractivity contribution is 5.17. The fourth-order valence-corrected chi connectivity index (χ4v) is 1.47. The Morgan fingerprint density at radius 3 is 3.00 bits per heavy atom. The van der Waals surface area contributed by atoms with Crippen LogP contribution in [-0.2, 0) is 11.4 Å². The lowest BCUT2D eigenvalue weighted by atomic mass is 10.3. The first-order valence-electron chi connectivity index (χ1n) is 4.21. The molecule has 2 rings (SSSR count). The van der Waals surface area contributed by atoms with Gasteiger partial charge in [-0.15, -0.1) is 0 Å². The summed E-state index contributed by atoms with van der Waals surface area (Å²) in [4.78, 5) is 4.47. The Bertz CT molecular complexity index is 269. The van der Waals surface area contributed by atoms with Gasteiger partial charge in [-0.25, -0.2) is 5.90 Å². The molecule has 1 saturated carbocycles. The Morgan fingerprint density at radius 2 is 2.42 bits per heavy atom. The van der Waals surface area contributed by atoms with Gasteiger partial charge in [-0.3, -0.25) is 4.84 Å². The van der Waals surface area contributed by atoms with Crippen LogP contribution in [0.2, 0.25) is 0 Å². The van der Waals surface area contributed by atoms with E-state index < -0.39 is 0 Å². The summed E-state index contributed by atoms with van der Waals surface area (Å²) in [5.74, 6) is 8.23. The molecule has 3 heteroatoms. The molecule has 0 radical (unpaired) electrons. The summed E-state index contributed by atoms with van der Waals surface area (Å²) in [6.07, 6.45) is 1.25. The molecule has 0 saturated heterocycles. The van der Waals surface area contributed by atoms with Crippen LogP contribution in [0.4, 0.5) is 0 Å². The van der Waals surface area contributed by atoms with Crippen molar-refractivity contribution in [3.63, 3.8) is 0 Å². The zero-order valence-electron chi connectivity index (χ0n) is 7.12. The van der Waals surface area contributed by atoms with Gasteiger partial charge in [0.1, 0.15) is 18.1 Å². The van der Waals surface area contributed by atoms with Gasteiger partial charge in [-0.2, -0.15) is 0 Å². The van der Waals surface area contributed by atoms with Crippen molar-refractivity contribution in [1.29, 1.82) is 0 Å². The Balaban J connectivity index is 2.04. The number of furan rings is 1. The van der Waals surface area contributed by atoms with Crippen LogP contribution in [0.1, 0.15) is 30.8 Å². The number of hydrogen-bond acceptors (Lipinski definition) is 3. The molecule has 0 spiro atoms. The van der Waals surface area contributed by atoms with E-state index in [4.69, 9.17) is 10.3 Å². The maximum Gasteiger partial charge on any atom is 0.131 e. The first kappa shape index (κ1) is 7.83. The van der Waals surface area contributed by atoms with E-state index in [0.29, 0.717) is 12.5 Å². The monoisotopic (exact) mass is 167 g/mol. The van der Waals surface area contributed by atoms with Gasteiger partial charge in [-0.05, 0) is 24.5 Å². The lowest BCUT2D eigenvalue weighted by molar-refractivity contribution is 0.107. The van der Waals surface area contributed by atoms with E-state index in [1.54, 1.807) is 0 Å². The molecule has 1 fully saturated rings. The third kappa shape index (κ3) is 1.38. The van der Waals surface area contributed by atoms with Crippen LogP contribution in [0, 0.1) is 5.92 Å². The maximum absolute atomic E-state index is 5.51. The second-order valence-corrected chi connectivity index (χ2v) is 3.43. The zero-order valence-corrected chi connectivity index (χ0v) is 7.12. The SMILES string of the molecule is CC1CC1c1ccc(CON)o1. The summed E-state index contributed by atoms with van der Waals surface area (Å²) in [5.41, 5.74) is 0. The van der Waals surface area contributed by atoms with Gasteiger partial charge in [0.2, 0.25) is 0 Å². The largest absolute Gasteiger partial charge is 0.463 e. The molecule has 0 aliphatic heterocycles. The summed E-state index contributed by atoms with van der Waals surface area (Å²) in [6, 6.07) is 3.94. The molecule has 2 N–H and O–H groups in total. The van der Waals surface area contributed by atoms with Crippen molar-refractivity contribution in [3.8, 4) is 0 Å². The predicted octanol–water partition coefficient (Wildman–Crippen LogP) is 1.79. The minimum atomic E-state index is 0.362. The molecule has 1 aliphatic rings. The molecule has 1 aromatic rings. The van der Waals surface area contributed by atoms with Crippen LogP contribution in [0.5, 0.6) is 0 Å². The number of hydrogen-bond donors (Lipinski definition) is 1. The van der Waals surface area contributed by atoms with Gasteiger partial charge >= 0.3 is 0 Å². The van der Waals surface area contributed by atoms with Crippen LogP contribution in [0.15, 0.2) is 16.5 Å². The average Bonchev–Trinajstić information content (AvgIpc) is 2.62. The molecular formula is C9H13NO2. The highest BCUT2D eigenvalue weighted by Crippen LogP contribution is 2.47. The van der Waals surface area contributed by atoms with Crippen molar-refractivity contribution < 1.29 is 9.25 Å². The van der Waals surface area contributed by atoms with E-state index in [-0.39, 0.29) is 0 Å². The molecule has 0 bridgehead atoms. The highest BCUT2D eigenvalue weighted by Gasteiger charge is 2.36. The van der Waals surface area contributed by atoms with Gasteiger partial charge in [-0.1, -0.05) is 6.92 Å². The third-order valence-corrected chi connectivity index (χ3v) is 2.38. The normalized spacial score (nSPS) is 27.5. The van der Waals surface area contributed by atoms with Crippen molar-refractivity contribution in [2.75, 3.05) is 0 Å². The molecule has 1 heterocycles. The van der Waals surface area contributed by atoms with Crippen molar-refractivity contribution in [1.82, 2.24) is 0 Å². The summed E-state index contributed by atoms with van der Waals surface area (Å²) in [7, 11) is 0. The maximum atomic E-state index is 5.51. The second-order valence-electron chi connectivity index (χ2n) is 3.43. The Labute approximate surface area is 71.5 Å². The van der Waals surface area contributed by atoms with Gasteiger partial charge < -0.3 is 4.42 Å². The van der Waals surface area contributed by atoms with E-state index in [0.717, 1.165) is 17.4 Å². The first-order valence-corrected chi connectivity index (χ1v) is 4.21. The van der Waals surface area contributed by atoms with E-state index in [2.05, 4.69) is 11.8 Å². The first-order chi connectivity index (χ1) is 5.81. The Hall–Kier alpha value is -0.800. The Morgan fingerprint density at radius 1 is 1.67 bits per heavy atom. The minimum absolute atomic E-state index is 0.362. The summed E-state index contributed by atoms with van der Waals surface area (Å²) >= 11 is 0. The Kier molecular flexibility index (Phi) is 1.90. The molecule has 2 atom stereocenters. The molecule has 12 heavy (non-hydrogen) atoms. The van der Waals surface area contributed by atoms with Gasteiger partial charge in [0.15, 0.2) is 0 Å². The van der Waals surface area contributed by atoms with Gasteiger partial charge in [0.05, 0.1) is 0 Å². The van der Waals surface area contributed by atoms with E-state index in [9.17, 15) is 0 Å². The van der Waals surface area contributed by atoms with Crippen molar-refractivity contribution in [2.45, 2.75) is 25.9 Å². The molecule has 0 amide bonds. The van der Waals surface area contributed by atoms with E-state index >= 15 is 0 Å². The van der Waals surface area contributed by atoms with Crippen molar-refractivity contribution in [3.05, 3.63) is 23.7 Å². The topological polar surface area (TPSA) is 48.4 Å². The van der Waals surface area contributed by atoms with Crippen molar-refractivity contribution >= 4 is 0 Å².